The lowest BCUT2D eigenvalue weighted by molar-refractivity contribution is -0.141. The maximum absolute atomic E-state index is 12.6. The van der Waals surface area contributed by atoms with Gasteiger partial charge in [-0.2, -0.15) is 18.3 Å². The Hall–Kier alpha value is -2.26. The van der Waals surface area contributed by atoms with Gasteiger partial charge in [0.15, 0.2) is 5.69 Å². The number of urea groups is 1. The van der Waals surface area contributed by atoms with Crippen LogP contribution >= 0.6 is 0 Å². The van der Waals surface area contributed by atoms with E-state index in [9.17, 15) is 22.8 Å². The van der Waals surface area contributed by atoms with Gasteiger partial charge < -0.3 is 10.2 Å². The second kappa shape index (κ2) is 5.99. The topological polar surface area (TPSA) is 79.3 Å². The first kappa shape index (κ1) is 16.6. The number of rotatable bonds is 3. The summed E-state index contributed by atoms with van der Waals surface area (Å²) < 4.78 is 38.7. The van der Waals surface area contributed by atoms with Crippen molar-refractivity contribution in [2.75, 3.05) is 11.9 Å². The predicted octanol–water partition coefficient (Wildman–Crippen LogP) is 1.71. The lowest BCUT2D eigenvalue weighted by atomic mass is 9.92. The van der Waals surface area contributed by atoms with Crippen molar-refractivity contribution < 1.29 is 22.8 Å². The van der Waals surface area contributed by atoms with Crippen LogP contribution in [0.1, 0.15) is 31.4 Å². The minimum Gasteiger partial charge on any atom is -0.338 e. The van der Waals surface area contributed by atoms with Gasteiger partial charge in [-0.1, -0.05) is 0 Å². The van der Waals surface area contributed by atoms with Crippen LogP contribution in [-0.4, -0.2) is 45.2 Å². The fourth-order valence-corrected chi connectivity index (χ4v) is 2.93. The number of anilines is 1. The number of amides is 3. The highest BCUT2D eigenvalue weighted by molar-refractivity contribution is 5.94. The van der Waals surface area contributed by atoms with Crippen molar-refractivity contribution in [2.24, 2.45) is 7.05 Å². The second-order valence-electron chi connectivity index (χ2n) is 6.09. The number of alkyl halides is 3. The lowest BCUT2D eigenvalue weighted by Gasteiger charge is -2.34. The van der Waals surface area contributed by atoms with Crippen molar-refractivity contribution in [1.29, 1.82) is 0 Å². The van der Waals surface area contributed by atoms with Gasteiger partial charge in [-0.05, 0) is 25.7 Å². The highest BCUT2D eigenvalue weighted by Gasteiger charge is 2.39. The van der Waals surface area contributed by atoms with Gasteiger partial charge in [0.25, 0.3) is 0 Å². The van der Waals surface area contributed by atoms with Crippen LogP contribution in [-0.2, 0) is 18.0 Å². The average molecular weight is 345 g/mol. The van der Waals surface area contributed by atoms with Gasteiger partial charge in [0.1, 0.15) is 11.9 Å². The summed E-state index contributed by atoms with van der Waals surface area (Å²) in [6.45, 7) is 0.596. The molecule has 1 aromatic rings. The number of aromatic nitrogens is 2. The van der Waals surface area contributed by atoms with Crippen molar-refractivity contribution in [3.05, 3.63) is 11.8 Å². The summed E-state index contributed by atoms with van der Waals surface area (Å²) in [6, 6.07) is -0.350. The number of halogens is 3. The standard InChI is InChI=1S/C14H18F3N5O2/c1-21-11(7-10(20-21)14(15,16)17)19-13(24)18-9-5-6-22(12(9)23)8-3-2-4-8/h7-9H,2-6H2,1H3,(H2,18,19,24). The molecule has 1 saturated carbocycles. The number of carbonyl (C=O) groups excluding carboxylic acids is 2. The number of nitrogens with zero attached hydrogens (tertiary/aromatic N) is 3. The van der Waals surface area contributed by atoms with Gasteiger partial charge in [-0.3, -0.25) is 14.8 Å². The number of carbonyl (C=O) groups is 2. The molecule has 0 aromatic carbocycles. The predicted molar refractivity (Wildman–Crippen MR) is 78.1 cm³/mol. The molecule has 2 fully saturated rings. The van der Waals surface area contributed by atoms with E-state index in [1.54, 1.807) is 4.90 Å². The van der Waals surface area contributed by atoms with Crippen LogP contribution in [0.5, 0.6) is 0 Å². The van der Waals surface area contributed by atoms with Gasteiger partial charge in [-0.25, -0.2) is 4.79 Å². The summed E-state index contributed by atoms with van der Waals surface area (Å²) >= 11 is 0. The molecule has 2 heterocycles. The molecule has 10 heteroatoms. The Balaban J connectivity index is 1.58. The van der Waals surface area contributed by atoms with Gasteiger partial charge in [-0.15, -0.1) is 0 Å². The minimum atomic E-state index is -4.58. The first-order valence-electron chi connectivity index (χ1n) is 7.75. The van der Waals surface area contributed by atoms with Crippen molar-refractivity contribution >= 4 is 17.8 Å². The van der Waals surface area contributed by atoms with E-state index in [1.165, 1.54) is 7.05 Å². The van der Waals surface area contributed by atoms with E-state index in [2.05, 4.69) is 15.7 Å². The molecule has 1 aliphatic heterocycles. The Morgan fingerprint density at radius 2 is 2.04 bits per heavy atom. The monoisotopic (exact) mass is 345 g/mol. The van der Waals surface area contributed by atoms with Crippen LogP contribution in [0.25, 0.3) is 0 Å². The molecule has 2 aliphatic rings. The zero-order valence-corrected chi connectivity index (χ0v) is 13.1. The SMILES string of the molecule is Cn1nc(C(F)(F)F)cc1NC(=O)NC1CCN(C2CCC2)C1=O. The summed E-state index contributed by atoms with van der Waals surface area (Å²) in [5, 5.41) is 8.13. The molecule has 1 aromatic heterocycles. The molecule has 2 N–H and O–H groups in total. The summed E-state index contributed by atoms with van der Waals surface area (Å²) in [4.78, 5) is 26.0. The number of nitrogens with one attached hydrogen (secondary N) is 2. The van der Waals surface area contributed by atoms with Crippen molar-refractivity contribution in [3.63, 3.8) is 0 Å². The smallest absolute Gasteiger partial charge is 0.338 e. The van der Waals surface area contributed by atoms with E-state index in [4.69, 9.17) is 0 Å². The molecule has 0 spiro atoms. The quantitative estimate of drug-likeness (QED) is 0.875. The highest BCUT2D eigenvalue weighted by Crippen LogP contribution is 2.30. The summed E-state index contributed by atoms with van der Waals surface area (Å²) in [6.07, 6.45) is -1.00. The van der Waals surface area contributed by atoms with Gasteiger partial charge in [0, 0.05) is 25.7 Å². The number of aryl methyl sites for hydroxylation is 1. The molecule has 3 amide bonds. The van der Waals surface area contributed by atoms with Crippen LogP contribution in [0.3, 0.4) is 0 Å². The maximum atomic E-state index is 12.6. The Kier molecular flexibility index (Phi) is 4.14. The maximum Gasteiger partial charge on any atom is 0.435 e. The third-order valence-corrected chi connectivity index (χ3v) is 4.47. The van der Waals surface area contributed by atoms with Crippen molar-refractivity contribution in [2.45, 2.75) is 43.9 Å². The first-order chi connectivity index (χ1) is 11.3. The van der Waals surface area contributed by atoms with Crippen LogP contribution in [0.4, 0.5) is 23.8 Å². The Morgan fingerprint density at radius 1 is 1.33 bits per heavy atom. The van der Waals surface area contributed by atoms with Gasteiger partial charge >= 0.3 is 12.2 Å². The molecular weight excluding hydrogens is 327 g/mol. The molecule has 1 saturated heterocycles. The van der Waals surface area contributed by atoms with E-state index in [0.29, 0.717) is 13.0 Å². The molecule has 0 radical (unpaired) electrons. The number of hydrogen-bond acceptors (Lipinski definition) is 3. The molecule has 24 heavy (non-hydrogen) atoms. The zero-order chi connectivity index (χ0) is 17.5. The fraction of sp³-hybridized carbons (Fsp3) is 0.643. The normalized spacial score (nSPS) is 21.8. The second-order valence-corrected chi connectivity index (χ2v) is 6.09. The van der Waals surface area contributed by atoms with Gasteiger partial charge in [0.05, 0.1) is 0 Å². The van der Waals surface area contributed by atoms with Crippen LogP contribution in [0.2, 0.25) is 0 Å². The van der Waals surface area contributed by atoms with E-state index < -0.39 is 23.9 Å². The Morgan fingerprint density at radius 3 is 2.58 bits per heavy atom. The molecule has 1 atom stereocenters. The first-order valence-corrected chi connectivity index (χ1v) is 7.75. The van der Waals surface area contributed by atoms with Crippen LogP contribution in [0.15, 0.2) is 6.07 Å². The summed E-state index contributed by atoms with van der Waals surface area (Å²) in [7, 11) is 1.30. The van der Waals surface area contributed by atoms with E-state index in [0.717, 1.165) is 30.0 Å². The Labute approximate surface area is 136 Å². The minimum absolute atomic E-state index is 0.0962. The molecule has 1 unspecified atom stereocenters. The molecule has 3 rings (SSSR count). The van der Waals surface area contributed by atoms with Crippen LogP contribution < -0.4 is 10.6 Å². The summed E-state index contributed by atoms with van der Waals surface area (Å²) in [5.74, 6) is -0.225. The summed E-state index contributed by atoms with van der Waals surface area (Å²) in [5.41, 5.74) is -1.09. The molecule has 7 nitrogen and oxygen atoms in total. The van der Waals surface area contributed by atoms with E-state index in [-0.39, 0.29) is 17.8 Å². The van der Waals surface area contributed by atoms with Crippen molar-refractivity contribution in [1.82, 2.24) is 20.0 Å². The largest absolute Gasteiger partial charge is 0.435 e. The Bertz CT molecular complexity index is 653. The highest BCUT2D eigenvalue weighted by atomic mass is 19.4. The third kappa shape index (κ3) is 3.17. The average Bonchev–Trinajstić information content (AvgIpc) is 2.95. The molecule has 0 bridgehead atoms. The van der Waals surface area contributed by atoms with Crippen molar-refractivity contribution in [3.8, 4) is 0 Å². The fourth-order valence-electron chi connectivity index (χ4n) is 2.93. The molecular formula is C14H18F3N5O2. The number of hydrogen-bond donors (Lipinski definition) is 2. The lowest BCUT2D eigenvalue weighted by Crippen LogP contribution is -2.47. The van der Waals surface area contributed by atoms with E-state index >= 15 is 0 Å². The zero-order valence-electron chi connectivity index (χ0n) is 13.1. The van der Waals surface area contributed by atoms with Crippen LogP contribution in [0, 0.1) is 0 Å². The third-order valence-electron chi connectivity index (χ3n) is 4.47. The number of likely N-dealkylation sites (tertiary alicyclic amines) is 1. The molecule has 132 valence electrons. The van der Waals surface area contributed by atoms with E-state index in [1.807, 2.05) is 0 Å². The molecule has 1 aliphatic carbocycles. The van der Waals surface area contributed by atoms with Gasteiger partial charge in [0.2, 0.25) is 5.91 Å².